The largest absolute Gasteiger partial charge is 0.409 e. The van der Waals surface area contributed by atoms with Gasteiger partial charge in [-0.15, -0.1) is 11.3 Å². The van der Waals surface area contributed by atoms with Crippen molar-refractivity contribution in [3.8, 4) is 0 Å². The molecule has 4 N–H and O–H groups in total. The van der Waals surface area contributed by atoms with Gasteiger partial charge in [0.25, 0.3) is 5.91 Å². The van der Waals surface area contributed by atoms with Crippen LogP contribution in [0.3, 0.4) is 0 Å². The van der Waals surface area contributed by atoms with E-state index in [0.29, 0.717) is 5.56 Å². The van der Waals surface area contributed by atoms with Gasteiger partial charge in [-0.25, -0.2) is 0 Å². The number of oxime groups is 1. The van der Waals surface area contributed by atoms with E-state index in [1.807, 2.05) is 0 Å². The summed E-state index contributed by atoms with van der Waals surface area (Å²) in [5.41, 5.74) is 6.35. The summed E-state index contributed by atoms with van der Waals surface area (Å²) in [6, 6.07) is 1.37. The lowest BCUT2D eigenvalue weighted by molar-refractivity contribution is 0.0931. The van der Waals surface area contributed by atoms with Crippen molar-refractivity contribution in [2.75, 3.05) is 0 Å². The molecule has 2 rings (SSSR count). The van der Waals surface area contributed by atoms with Crippen LogP contribution in [0.5, 0.6) is 0 Å². The summed E-state index contributed by atoms with van der Waals surface area (Å²) in [7, 11) is 0. The molecule has 20 heavy (non-hydrogen) atoms. The van der Waals surface area contributed by atoms with Gasteiger partial charge in [0, 0.05) is 5.38 Å². The SMILES string of the molecule is NC(=NO)C(NC(=O)c1csc(Br)c1)C1CCCCC1. The fourth-order valence-corrected chi connectivity index (χ4v) is 3.75. The summed E-state index contributed by atoms with van der Waals surface area (Å²) in [4.78, 5) is 12.2. The van der Waals surface area contributed by atoms with Gasteiger partial charge in [0.15, 0.2) is 5.84 Å². The summed E-state index contributed by atoms with van der Waals surface area (Å²) in [5, 5.41) is 16.7. The van der Waals surface area contributed by atoms with E-state index in [1.165, 1.54) is 17.8 Å². The van der Waals surface area contributed by atoms with Crippen LogP contribution >= 0.6 is 27.3 Å². The Morgan fingerprint density at radius 2 is 2.20 bits per heavy atom. The quantitative estimate of drug-likeness (QED) is 0.334. The minimum Gasteiger partial charge on any atom is -0.409 e. The van der Waals surface area contributed by atoms with Crippen molar-refractivity contribution in [2.45, 2.75) is 38.1 Å². The van der Waals surface area contributed by atoms with Crippen LogP contribution in [-0.4, -0.2) is 23.0 Å². The molecule has 1 aromatic rings. The minimum atomic E-state index is -0.397. The second-order valence-electron chi connectivity index (χ2n) is 5.01. The van der Waals surface area contributed by atoms with Gasteiger partial charge in [-0.1, -0.05) is 24.4 Å². The van der Waals surface area contributed by atoms with Crippen LogP contribution < -0.4 is 11.1 Å². The van der Waals surface area contributed by atoms with Crippen LogP contribution in [0.2, 0.25) is 0 Å². The summed E-state index contributed by atoms with van der Waals surface area (Å²) in [6.07, 6.45) is 5.45. The number of nitrogens with two attached hydrogens (primary N) is 1. The van der Waals surface area contributed by atoms with Crippen molar-refractivity contribution >= 4 is 39.0 Å². The number of hydrogen-bond acceptors (Lipinski definition) is 4. The molecule has 0 saturated heterocycles. The lowest BCUT2D eigenvalue weighted by atomic mass is 9.83. The van der Waals surface area contributed by atoms with Crippen LogP contribution in [0.15, 0.2) is 20.4 Å². The maximum atomic E-state index is 12.2. The fraction of sp³-hybridized carbons (Fsp3) is 0.538. The molecule has 1 heterocycles. The first kappa shape index (κ1) is 15.3. The maximum absolute atomic E-state index is 12.2. The molecule has 1 saturated carbocycles. The Hall–Kier alpha value is -1.08. The summed E-state index contributed by atoms with van der Waals surface area (Å²) in [5.74, 6) is 0.138. The molecular formula is C13H18BrN3O2S. The highest BCUT2D eigenvalue weighted by Crippen LogP contribution is 2.27. The number of nitrogens with one attached hydrogen (secondary N) is 1. The van der Waals surface area contributed by atoms with Gasteiger partial charge < -0.3 is 16.3 Å². The van der Waals surface area contributed by atoms with E-state index in [-0.39, 0.29) is 17.7 Å². The molecule has 0 aromatic carbocycles. The van der Waals surface area contributed by atoms with E-state index in [1.54, 1.807) is 11.4 Å². The number of amidine groups is 1. The molecule has 1 aliphatic carbocycles. The Morgan fingerprint density at radius 1 is 1.50 bits per heavy atom. The van der Waals surface area contributed by atoms with E-state index >= 15 is 0 Å². The Kier molecular flexibility index (Phi) is 5.42. The Morgan fingerprint density at radius 3 is 2.75 bits per heavy atom. The minimum absolute atomic E-state index is 0.0829. The average Bonchev–Trinajstić information content (AvgIpc) is 2.91. The first-order chi connectivity index (χ1) is 9.61. The first-order valence-corrected chi connectivity index (χ1v) is 8.31. The highest BCUT2D eigenvalue weighted by molar-refractivity contribution is 9.11. The lowest BCUT2D eigenvalue weighted by Crippen LogP contribution is -2.49. The molecule has 0 aliphatic heterocycles. The second-order valence-corrected chi connectivity index (χ2v) is 7.30. The van der Waals surface area contributed by atoms with Crippen LogP contribution in [0.25, 0.3) is 0 Å². The molecule has 1 aliphatic rings. The van der Waals surface area contributed by atoms with Gasteiger partial charge in [-0.2, -0.15) is 0 Å². The van der Waals surface area contributed by atoms with Gasteiger partial charge in [-0.3, -0.25) is 4.79 Å². The molecule has 0 radical (unpaired) electrons. The Labute approximate surface area is 130 Å². The smallest absolute Gasteiger partial charge is 0.252 e. The number of carbonyl (C=O) groups is 1. The van der Waals surface area contributed by atoms with Crippen molar-refractivity contribution in [1.29, 1.82) is 0 Å². The molecule has 0 bridgehead atoms. The van der Waals surface area contributed by atoms with Crippen LogP contribution in [0, 0.1) is 5.92 Å². The monoisotopic (exact) mass is 359 g/mol. The molecule has 7 heteroatoms. The summed E-state index contributed by atoms with van der Waals surface area (Å²) >= 11 is 4.79. The zero-order valence-electron chi connectivity index (χ0n) is 11.0. The van der Waals surface area contributed by atoms with Gasteiger partial charge >= 0.3 is 0 Å². The van der Waals surface area contributed by atoms with E-state index < -0.39 is 6.04 Å². The predicted octanol–water partition coefficient (Wildman–Crippen LogP) is 2.94. The van der Waals surface area contributed by atoms with Crippen molar-refractivity contribution in [1.82, 2.24) is 5.32 Å². The van der Waals surface area contributed by atoms with E-state index in [0.717, 1.165) is 29.5 Å². The van der Waals surface area contributed by atoms with Crippen molar-refractivity contribution < 1.29 is 10.0 Å². The molecule has 110 valence electrons. The molecule has 1 amide bonds. The summed E-state index contributed by atoms with van der Waals surface area (Å²) in [6.45, 7) is 0. The standard InChI is InChI=1S/C13H18BrN3O2S/c14-10-6-9(7-20-10)13(18)16-11(12(15)17-19)8-4-2-1-3-5-8/h6-8,11,19H,1-5H2,(H2,15,17)(H,16,18). The van der Waals surface area contributed by atoms with Gasteiger partial charge in [0.2, 0.25) is 0 Å². The predicted molar refractivity (Wildman–Crippen MR) is 83.3 cm³/mol. The zero-order chi connectivity index (χ0) is 14.5. The third-order valence-electron chi connectivity index (χ3n) is 3.67. The second kappa shape index (κ2) is 7.08. The van der Waals surface area contributed by atoms with Gasteiger partial charge in [-0.05, 0) is 40.8 Å². The number of hydrogen-bond donors (Lipinski definition) is 3. The highest BCUT2D eigenvalue weighted by atomic mass is 79.9. The third-order valence-corrected chi connectivity index (χ3v) is 5.18. The van der Waals surface area contributed by atoms with Crippen LogP contribution in [0.1, 0.15) is 42.5 Å². The van der Waals surface area contributed by atoms with Crippen molar-refractivity contribution in [2.24, 2.45) is 16.8 Å². The molecule has 1 unspecified atom stereocenters. The average molecular weight is 360 g/mol. The highest BCUT2D eigenvalue weighted by Gasteiger charge is 2.29. The number of amides is 1. The Balaban J connectivity index is 2.09. The molecule has 1 atom stereocenters. The fourth-order valence-electron chi connectivity index (χ4n) is 2.62. The zero-order valence-corrected chi connectivity index (χ0v) is 13.4. The van der Waals surface area contributed by atoms with Crippen LogP contribution in [-0.2, 0) is 0 Å². The molecule has 1 fully saturated rings. The number of nitrogens with zero attached hydrogens (tertiary/aromatic N) is 1. The van der Waals surface area contributed by atoms with Gasteiger partial charge in [0.05, 0.1) is 15.4 Å². The number of halogens is 1. The number of carbonyl (C=O) groups excluding carboxylic acids is 1. The van der Waals surface area contributed by atoms with Crippen molar-refractivity contribution in [3.05, 3.63) is 20.8 Å². The van der Waals surface area contributed by atoms with E-state index in [4.69, 9.17) is 10.9 Å². The number of rotatable bonds is 4. The van der Waals surface area contributed by atoms with E-state index in [2.05, 4.69) is 26.4 Å². The first-order valence-electron chi connectivity index (χ1n) is 6.64. The summed E-state index contributed by atoms with van der Waals surface area (Å²) < 4.78 is 0.903. The molecule has 1 aromatic heterocycles. The molecule has 0 spiro atoms. The third kappa shape index (κ3) is 3.73. The normalized spacial score (nSPS) is 18.8. The molecule has 5 nitrogen and oxygen atoms in total. The van der Waals surface area contributed by atoms with E-state index in [9.17, 15) is 4.79 Å². The maximum Gasteiger partial charge on any atom is 0.252 e. The van der Waals surface area contributed by atoms with Crippen molar-refractivity contribution in [3.63, 3.8) is 0 Å². The van der Waals surface area contributed by atoms with Gasteiger partial charge in [0.1, 0.15) is 0 Å². The lowest BCUT2D eigenvalue weighted by Gasteiger charge is -2.29. The Bertz CT molecular complexity index is 498. The van der Waals surface area contributed by atoms with Crippen LogP contribution in [0.4, 0.5) is 0 Å². The molecular weight excluding hydrogens is 342 g/mol. The topological polar surface area (TPSA) is 87.7 Å². The number of thiophene rings is 1.